The van der Waals surface area contributed by atoms with Crippen LogP contribution in [0.15, 0.2) is 121 Å². The van der Waals surface area contributed by atoms with Crippen LogP contribution in [0.2, 0.25) is 0 Å². The molecule has 2 unspecified atom stereocenters. The minimum absolute atomic E-state index is 0. The number of methoxy groups -OCH3 is 2. The molecule has 0 aliphatic rings. The van der Waals surface area contributed by atoms with Gasteiger partial charge in [-0.05, 0) is 86.1 Å². The van der Waals surface area contributed by atoms with Crippen molar-refractivity contribution in [3.8, 4) is 33.8 Å². The van der Waals surface area contributed by atoms with Crippen LogP contribution >= 0.6 is 0 Å². The molecule has 5 heteroatoms. The monoisotopic (exact) mass is 900 g/mol. The maximum Gasteiger partial charge on any atom is 0.126 e. The number of benzene rings is 6. The Morgan fingerprint density at radius 3 is 1.04 bits per heavy atom. The normalized spacial score (nSPS) is 11.6. The third kappa shape index (κ3) is 12.2. The Kier molecular flexibility index (Phi) is 17.5. The van der Waals surface area contributed by atoms with Crippen molar-refractivity contribution in [1.29, 1.82) is 0 Å². The van der Waals surface area contributed by atoms with Crippen molar-refractivity contribution in [2.45, 2.75) is 66.6 Å². The Morgan fingerprint density at radius 1 is 0.473 bits per heavy atom. The van der Waals surface area contributed by atoms with Gasteiger partial charge in [-0.1, -0.05) is 83.9 Å². The van der Waals surface area contributed by atoms with Crippen molar-refractivity contribution in [3.63, 3.8) is 0 Å². The zero-order valence-electron chi connectivity index (χ0n) is 33.7. The minimum atomic E-state index is -0.336. The molecule has 0 saturated carbocycles. The molecule has 0 radical (unpaired) electrons. The summed E-state index contributed by atoms with van der Waals surface area (Å²) in [6.45, 7) is 20.0. The molecular weight excluding hydrogens is 843 g/mol. The van der Waals surface area contributed by atoms with Gasteiger partial charge < -0.3 is 19.7 Å². The van der Waals surface area contributed by atoms with Gasteiger partial charge in [-0.3, -0.25) is 0 Å². The number of phenolic OH excluding ortho intramolecular Hbond substituents is 2. The summed E-state index contributed by atoms with van der Waals surface area (Å²) in [5, 5.41) is 22.8. The Labute approximate surface area is 349 Å². The maximum absolute atomic E-state index is 11.4. The van der Waals surface area contributed by atoms with E-state index in [-0.39, 0.29) is 49.6 Å². The molecule has 6 aromatic rings. The van der Waals surface area contributed by atoms with Crippen LogP contribution in [0, 0.1) is 55.4 Å². The summed E-state index contributed by atoms with van der Waals surface area (Å²) in [6, 6.07) is 40.1. The Morgan fingerprint density at radius 2 is 0.782 bits per heavy atom. The van der Waals surface area contributed by atoms with Crippen molar-refractivity contribution in [1.82, 2.24) is 0 Å². The molecule has 0 aliphatic heterocycles. The maximum atomic E-state index is 11.4. The zero-order valence-corrected chi connectivity index (χ0v) is 37.3. The number of aromatic hydroxyl groups is 2. The summed E-state index contributed by atoms with van der Waals surface area (Å²) in [7, 11) is 3.34. The van der Waals surface area contributed by atoms with E-state index in [0.717, 1.165) is 66.8 Å². The topological polar surface area (TPSA) is 58.9 Å². The third-order valence-corrected chi connectivity index (χ3v) is 9.68. The third-order valence-electron chi connectivity index (χ3n) is 9.68. The van der Waals surface area contributed by atoms with Crippen LogP contribution in [0.25, 0.3) is 22.3 Å². The van der Waals surface area contributed by atoms with Crippen molar-refractivity contribution in [2.24, 2.45) is 0 Å². The molecule has 6 rings (SSSR count). The largest absolute Gasteiger partial charge is 0.507 e. The number of phenols is 2. The van der Waals surface area contributed by atoms with Gasteiger partial charge >= 0.3 is 0 Å². The van der Waals surface area contributed by atoms with Crippen molar-refractivity contribution in [2.75, 3.05) is 14.2 Å². The number of aryl methyl sites for hydroxylation is 6. The number of ether oxygens (including phenoxy) is 2. The summed E-state index contributed by atoms with van der Waals surface area (Å²) >= 11 is 0. The SMILES string of the molecule is COC(Cc1cccc(-c2c(C)cc(C)cc2C)c1O)C(Cc1cccc(-c2c(C)cc(C)cc2C)c1O)OC.[CH2-]c1ccccc1.[CH2-]c1ccccc1.[Hf]. The predicted molar refractivity (Wildman–Crippen MR) is 226 cm³/mol. The van der Waals surface area contributed by atoms with Crippen molar-refractivity contribution >= 4 is 0 Å². The molecule has 2 atom stereocenters. The van der Waals surface area contributed by atoms with Gasteiger partial charge in [-0.15, -0.1) is 24.3 Å². The van der Waals surface area contributed by atoms with Crippen LogP contribution in [0.5, 0.6) is 11.5 Å². The molecule has 6 aromatic carbocycles. The van der Waals surface area contributed by atoms with Gasteiger partial charge in [0, 0.05) is 64.0 Å². The van der Waals surface area contributed by atoms with Gasteiger partial charge in [-0.2, -0.15) is 49.2 Å². The van der Waals surface area contributed by atoms with E-state index in [0.29, 0.717) is 12.8 Å². The quantitative estimate of drug-likeness (QED) is 0.112. The van der Waals surface area contributed by atoms with E-state index in [4.69, 9.17) is 9.47 Å². The smallest absolute Gasteiger partial charge is 0.126 e. The standard InChI is InChI=1S/C36H42O4.2C7H7.Hf/c1-21-15-23(3)33(24(4)16-21)29-13-9-11-27(35(29)37)19-31(39-7)32(40-8)20-28-12-10-14-30(36(28)38)34-25(5)17-22(2)18-26(34)6;2*1-7-5-3-2-4-6-7;/h9-18,31-32,37-38H,19-20H2,1-8H3;2*2-6H,1H2;/q;2*-1;. The average Bonchev–Trinajstić information content (AvgIpc) is 3.12. The van der Waals surface area contributed by atoms with Gasteiger partial charge in [-0.25, -0.2) is 0 Å². The van der Waals surface area contributed by atoms with Gasteiger partial charge in [0.15, 0.2) is 0 Å². The second kappa shape index (κ2) is 21.5. The summed E-state index contributed by atoms with van der Waals surface area (Å²) in [5.74, 6) is 0.536. The molecule has 0 aliphatic carbocycles. The van der Waals surface area contributed by atoms with Gasteiger partial charge in [0.05, 0.1) is 12.2 Å². The first-order chi connectivity index (χ1) is 25.8. The molecule has 55 heavy (non-hydrogen) atoms. The molecular formula is C50H56HfO4-2. The number of rotatable bonds is 9. The fourth-order valence-electron chi connectivity index (χ4n) is 7.25. The fraction of sp³-hybridized carbons (Fsp3) is 0.240. The van der Waals surface area contributed by atoms with Gasteiger partial charge in [0.1, 0.15) is 11.5 Å². The summed E-state index contributed by atoms with van der Waals surface area (Å²) in [4.78, 5) is 0. The van der Waals surface area contributed by atoms with Crippen molar-refractivity contribution in [3.05, 3.63) is 191 Å². The van der Waals surface area contributed by atoms with Crippen LogP contribution < -0.4 is 0 Å². The van der Waals surface area contributed by atoms with Crippen LogP contribution in [-0.4, -0.2) is 36.6 Å². The molecule has 286 valence electrons. The molecule has 4 nitrogen and oxygen atoms in total. The molecule has 0 saturated heterocycles. The van der Waals surface area contributed by atoms with Gasteiger partial charge in [0.2, 0.25) is 0 Å². The van der Waals surface area contributed by atoms with Crippen LogP contribution in [-0.2, 0) is 48.2 Å². The van der Waals surface area contributed by atoms with E-state index in [2.05, 4.69) is 79.7 Å². The first-order valence-corrected chi connectivity index (χ1v) is 18.4. The van der Waals surface area contributed by atoms with E-state index in [1.54, 1.807) is 14.2 Å². The Balaban J connectivity index is 0.000000450. The van der Waals surface area contributed by atoms with E-state index in [9.17, 15) is 10.2 Å². The van der Waals surface area contributed by atoms with Crippen LogP contribution in [0.4, 0.5) is 0 Å². The van der Waals surface area contributed by atoms with E-state index in [1.807, 2.05) is 97.1 Å². The van der Waals surface area contributed by atoms with E-state index in [1.165, 1.54) is 11.1 Å². The number of hydrogen-bond acceptors (Lipinski definition) is 4. The second-order valence-electron chi connectivity index (χ2n) is 14.1. The van der Waals surface area contributed by atoms with Crippen LogP contribution in [0.1, 0.15) is 55.6 Å². The first kappa shape index (κ1) is 44.8. The molecule has 0 bridgehead atoms. The molecule has 0 aromatic heterocycles. The zero-order chi connectivity index (χ0) is 39.4. The summed E-state index contributed by atoms with van der Waals surface area (Å²) in [5.41, 5.74) is 14.5. The molecule has 0 fully saturated rings. The Hall–Kier alpha value is -4.55. The summed E-state index contributed by atoms with van der Waals surface area (Å²) in [6.07, 6.45) is 0.263. The van der Waals surface area contributed by atoms with Gasteiger partial charge in [0.25, 0.3) is 0 Å². The Bertz CT molecular complexity index is 1910. The fourth-order valence-corrected chi connectivity index (χ4v) is 7.25. The van der Waals surface area contributed by atoms with E-state index < -0.39 is 0 Å². The molecule has 0 spiro atoms. The minimum Gasteiger partial charge on any atom is -0.507 e. The van der Waals surface area contributed by atoms with Crippen LogP contribution in [0.3, 0.4) is 0 Å². The van der Waals surface area contributed by atoms with Crippen molar-refractivity contribution < 1.29 is 45.5 Å². The van der Waals surface area contributed by atoms with E-state index >= 15 is 0 Å². The predicted octanol–water partition coefficient (Wildman–Crippen LogP) is 11.8. The summed E-state index contributed by atoms with van der Waals surface area (Å²) < 4.78 is 11.9. The molecule has 2 N–H and O–H groups in total. The molecule has 0 heterocycles. The first-order valence-electron chi connectivity index (χ1n) is 18.4. The molecule has 0 amide bonds. The number of hydrogen-bond donors (Lipinski definition) is 2. The number of para-hydroxylation sites is 2. The second-order valence-corrected chi connectivity index (χ2v) is 14.1. The average molecular weight is 899 g/mol.